The number of anilines is 2. The number of rotatable bonds is 14. The topological polar surface area (TPSA) is 135 Å². The number of carbonyl (C=O) groups excluding carboxylic acids is 2. The molecule has 0 aliphatic carbocycles. The average Bonchev–Trinajstić information content (AvgIpc) is 3.51. The zero-order valence-electron chi connectivity index (χ0n) is 26.5. The number of carbonyl (C=O) groups is 2. The highest BCUT2D eigenvalue weighted by atomic mass is 16.7. The second kappa shape index (κ2) is 16.7. The molecule has 3 aromatic rings. The summed E-state index contributed by atoms with van der Waals surface area (Å²) in [5, 5.41) is 15.2. The van der Waals surface area contributed by atoms with Crippen LogP contribution in [0.1, 0.15) is 73.2 Å². The number of amides is 2. The van der Waals surface area contributed by atoms with Crippen LogP contribution in [0.25, 0.3) is 0 Å². The monoisotopic (exact) mass is 630 g/mol. The molecule has 2 amide bonds. The number of likely N-dealkylation sites (tertiary alicyclic amines) is 1. The van der Waals surface area contributed by atoms with Gasteiger partial charge in [-0.3, -0.25) is 14.5 Å². The summed E-state index contributed by atoms with van der Waals surface area (Å²) in [7, 11) is 1.75. The summed E-state index contributed by atoms with van der Waals surface area (Å²) in [4.78, 5) is 27.1. The number of aliphatic hydroxyl groups excluding tert-OH is 1. The van der Waals surface area contributed by atoms with E-state index in [4.69, 9.17) is 19.9 Å². The van der Waals surface area contributed by atoms with Crippen LogP contribution in [0.5, 0.6) is 0 Å². The molecule has 10 heteroatoms. The lowest BCUT2D eigenvalue weighted by molar-refractivity contribution is -0.253. The van der Waals surface area contributed by atoms with Gasteiger partial charge < -0.3 is 35.7 Å². The number of hydrogen-bond acceptors (Lipinski definition) is 8. The van der Waals surface area contributed by atoms with E-state index in [1.165, 1.54) is 0 Å². The fourth-order valence-corrected chi connectivity index (χ4v) is 6.13. The highest BCUT2D eigenvalue weighted by molar-refractivity contribution is 5.93. The third-order valence-electron chi connectivity index (χ3n) is 8.70. The molecule has 2 aliphatic rings. The number of nitrogen functional groups attached to an aromatic ring is 1. The van der Waals surface area contributed by atoms with Crippen LogP contribution in [0.4, 0.5) is 11.4 Å². The molecule has 246 valence electrons. The van der Waals surface area contributed by atoms with E-state index in [2.05, 4.69) is 15.5 Å². The quantitative estimate of drug-likeness (QED) is 0.186. The Kier molecular flexibility index (Phi) is 12.2. The minimum absolute atomic E-state index is 0.00462. The van der Waals surface area contributed by atoms with Crippen LogP contribution in [0.2, 0.25) is 0 Å². The fraction of sp³-hybridized carbons (Fsp3) is 0.444. The molecule has 2 aliphatic heterocycles. The van der Waals surface area contributed by atoms with E-state index >= 15 is 0 Å². The molecule has 2 heterocycles. The zero-order valence-corrected chi connectivity index (χ0v) is 26.5. The second-order valence-corrected chi connectivity index (χ2v) is 12.1. The highest BCUT2D eigenvalue weighted by Gasteiger charge is 2.35. The first-order chi connectivity index (χ1) is 22.4. The number of nitrogens with zero attached hydrogens (tertiary/aromatic N) is 1. The van der Waals surface area contributed by atoms with Gasteiger partial charge in [0.1, 0.15) is 0 Å². The molecule has 0 spiro atoms. The Bertz CT molecular complexity index is 1420. The summed E-state index contributed by atoms with van der Waals surface area (Å²) in [6, 6.07) is 23.3. The largest absolute Gasteiger partial charge is 0.397 e. The fourth-order valence-electron chi connectivity index (χ4n) is 6.13. The van der Waals surface area contributed by atoms with Crippen LogP contribution in [-0.4, -0.2) is 60.8 Å². The maximum absolute atomic E-state index is 12.4. The summed E-state index contributed by atoms with van der Waals surface area (Å²) in [6.45, 7) is 2.95. The molecule has 0 bridgehead atoms. The van der Waals surface area contributed by atoms with Gasteiger partial charge in [-0.15, -0.1) is 0 Å². The van der Waals surface area contributed by atoms with E-state index in [9.17, 15) is 14.7 Å². The van der Waals surface area contributed by atoms with Crippen molar-refractivity contribution in [2.45, 2.75) is 76.2 Å². The molecule has 2 saturated heterocycles. The number of nitrogens with one attached hydrogen (secondary N) is 2. The van der Waals surface area contributed by atoms with Gasteiger partial charge in [-0.2, -0.15) is 0 Å². The van der Waals surface area contributed by atoms with Crippen LogP contribution in [-0.2, 0) is 37.0 Å². The summed E-state index contributed by atoms with van der Waals surface area (Å²) in [5.41, 5.74) is 10.8. The average molecular weight is 631 g/mol. The lowest BCUT2D eigenvalue weighted by Crippen LogP contribution is -2.42. The van der Waals surface area contributed by atoms with Crippen molar-refractivity contribution in [2.24, 2.45) is 0 Å². The minimum Gasteiger partial charge on any atom is -0.397 e. The molecule has 5 rings (SSSR count). The van der Waals surface area contributed by atoms with E-state index in [-0.39, 0.29) is 43.5 Å². The Labute approximate surface area is 271 Å². The number of hydrogen-bond donors (Lipinski definition) is 4. The van der Waals surface area contributed by atoms with Crippen molar-refractivity contribution in [3.63, 3.8) is 0 Å². The Morgan fingerprint density at radius 1 is 0.957 bits per heavy atom. The molecule has 0 radical (unpaired) electrons. The van der Waals surface area contributed by atoms with Gasteiger partial charge in [-0.1, -0.05) is 60.7 Å². The van der Waals surface area contributed by atoms with Gasteiger partial charge in [0.15, 0.2) is 6.29 Å². The van der Waals surface area contributed by atoms with Gasteiger partial charge in [0.25, 0.3) is 0 Å². The van der Waals surface area contributed by atoms with E-state index in [1.54, 1.807) is 25.3 Å². The Morgan fingerprint density at radius 3 is 2.41 bits per heavy atom. The Morgan fingerprint density at radius 2 is 1.67 bits per heavy atom. The van der Waals surface area contributed by atoms with Crippen molar-refractivity contribution >= 4 is 23.2 Å². The molecule has 0 saturated carbocycles. The maximum Gasteiger partial charge on any atom is 0.224 e. The number of aliphatic hydroxyl groups is 1. The van der Waals surface area contributed by atoms with E-state index in [0.29, 0.717) is 30.4 Å². The van der Waals surface area contributed by atoms with Crippen molar-refractivity contribution in [2.75, 3.05) is 37.9 Å². The van der Waals surface area contributed by atoms with E-state index < -0.39 is 6.29 Å². The number of benzene rings is 3. The molecule has 46 heavy (non-hydrogen) atoms. The first-order valence-corrected chi connectivity index (χ1v) is 16.1. The van der Waals surface area contributed by atoms with Crippen molar-refractivity contribution in [1.82, 2.24) is 10.2 Å². The third kappa shape index (κ3) is 9.37. The van der Waals surface area contributed by atoms with Crippen molar-refractivity contribution in [1.29, 1.82) is 0 Å². The molecular formula is C36H46N4O6. The molecule has 4 unspecified atom stereocenters. The van der Waals surface area contributed by atoms with Crippen LogP contribution in [0, 0.1) is 0 Å². The van der Waals surface area contributed by atoms with E-state index in [1.807, 2.05) is 54.6 Å². The molecule has 0 aromatic heterocycles. The molecule has 2 fully saturated rings. The molecule has 10 nitrogen and oxygen atoms in total. The van der Waals surface area contributed by atoms with Crippen LogP contribution in [0.15, 0.2) is 72.8 Å². The van der Waals surface area contributed by atoms with Gasteiger partial charge >= 0.3 is 0 Å². The third-order valence-corrected chi connectivity index (χ3v) is 8.70. The van der Waals surface area contributed by atoms with Crippen molar-refractivity contribution < 1.29 is 28.9 Å². The van der Waals surface area contributed by atoms with Gasteiger partial charge in [0, 0.05) is 51.1 Å². The first kappa shape index (κ1) is 33.6. The first-order valence-electron chi connectivity index (χ1n) is 16.1. The smallest absolute Gasteiger partial charge is 0.224 e. The SMILES string of the molecule is COCC1CCCN1CC1CC(c2ccc(CO)cc2)OC(c2ccc(CNC(=O)CCCC(=O)Nc3ccccc3N)cc2)O1. The number of ether oxygens (including phenoxy) is 3. The summed E-state index contributed by atoms with van der Waals surface area (Å²) in [5.74, 6) is -0.281. The van der Waals surface area contributed by atoms with Crippen LogP contribution in [0.3, 0.4) is 0 Å². The molecular weight excluding hydrogens is 584 g/mol. The standard InChI is InChI=1S/C36H46N4O6/c1-44-24-29-6-5-19-40(29)22-30-20-33(27-15-13-26(23-41)14-16-27)46-36(45-30)28-17-11-25(12-18-28)21-38-34(42)9-4-10-35(43)39-32-8-3-2-7-31(32)37/h2-3,7-8,11-18,29-30,33,36,41H,4-6,9-10,19-24,37H2,1H3,(H,38,42)(H,39,43). The molecule has 4 atom stereocenters. The lowest BCUT2D eigenvalue weighted by Gasteiger charge is -2.38. The van der Waals surface area contributed by atoms with Crippen LogP contribution >= 0.6 is 0 Å². The normalized spacial score (nSPS) is 21.6. The highest BCUT2D eigenvalue weighted by Crippen LogP contribution is 2.38. The Hall–Kier alpha value is -3.80. The summed E-state index contributed by atoms with van der Waals surface area (Å²) < 4.78 is 18.5. The van der Waals surface area contributed by atoms with Crippen LogP contribution < -0.4 is 16.4 Å². The predicted molar refractivity (Wildman–Crippen MR) is 177 cm³/mol. The van der Waals surface area contributed by atoms with Gasteiger partial charge in [0.2, 0.25) is 11.8 Å². The zero-order chi connectivity index (χ0) is 32.3. The number of methoxy groups -OCH3 is 1. The van der Waals surface area contributed by atoms with Gasteiger partial charge in [-0.05, 0) is 54.6 Å². The number of nitrogens with two attached hydrogens (primary N) is 1. The summed E-state index contributed by atoms with van der Waals surface area (Å²) >= 11 is 0. The molecule has 3 aromatic carbocycles. The van der Waals surface area contributed by atoms with Gasteiger partial charge in [-0.25, -0.2) is 0 Å². The maximum atomic E-state index is 12.4. The van der Waals surface area contributed by atoms with E-state index in [0.717, 1.165) is 61.2 Å². The Balaban J connectivity index is 1.14. The summed E-state index contributed by atoms with van der Waals surface area (Å²) in [6.07, 6.45) is 3.24. The van der Waals surface area contributed by atoms with Gasteiger partial charge in [0.05, 0.1) is 36.8 Å². The molecule has 5 N–H and O–H groups in total. The van der Waals surface area contributed by atoms with Crippen molar-refractivity contribution in [3.05, 3.63) is 95.1 Å². The number of para-hydroxylation sites is 2. The predicted octanol–water partition coefficient (Wildman–Crippen LogP) is 4.84. The van der Waals surface area contributed by atoms with Crippen molar-refractivity contribution in [3.8, 4) is 0 Å². The lowest BCUT2D eigenvalue weighted by atomic mass is 9.99. The second-order valence-electron chi connectivity index (χ2n) is 12.1. The minimum atomic E-state index is -0.536.